The number of hydrogen-bond acceptors (Lipinski definition) is 5. The van der Waals surface area contributed by atoms with Gasteiger partial charge in [0.05, 0.1) is 30.4 Å². The normalized spacial score (nSPS) is 21.3. The summed E-state index contributed by atoms with van der Waals surface area (Å²) in [5.41, 5.74) is 0.700. The van der Waals surface area contributed by atoms with Crippen molar-refractivity contribution in [3.05, 3.63) is 23.8 Å². The van der Waals surface area contributed by atoms with E-state index >= 15 is 0 Å². The lowest BCUT2D eigenvalue weighted by molar-refractivity contribution is 0.0368. The summed E-state index contributed by atoms with van der Waals surface area (Å²) in [5, 5.41) is 18.7. The third-order valence-electron chi connectivity index (χ3n) is 7.09. The molecular formula is C27H43N5O5. The van der Waals surface area contributed by atoms with Crippen molar-refractivity contribution in [2.24, 2.45) is 5.92 Å². The number of anilines is 1. The van der Waals surface area contributed by atoms with Crippen molar-refractivity contribution in [1.29, 1.82) is 0 Å². The number of carbonyl (C=O) groups excluding carboxylic acids is 3. The molecule has 0 radical (unpaired) electrons. The van der Waals surface area contributed by atoms with E-state index in [2.05, 4.69) is 16.0 Å². The first kappa shape index (κ1) is 28.6. The summed E-state index contributed by atoms with van der Waals surface area (Å²) in [6.07, 6.45) is 4.82. The maximum atomic E-state index is 13.6. The number of carbonyl (C=O) groups is 3. The van der Waals surface area contributed by atoms with Crippen LogP contribution in [0.5, 0.6) is 5.75 Å². The van der Waals surface area contributed by atoms with Crippen molar-refractivity contribution < 1.29 is 24.2 Å². The largest absolute Gasteiger partial charge is 0.485 e. The zero-order chi connectivity index (χ0) is 27.1. The molecule has 0 spiro atoms. The summed E-state index contributed by atoms with van der Waals surface area (Å²) in [6, 6.07) is 4.24. The van der Waals surface area contributed by atoms with Gasteiger partial charge in [-0.15, -0.1) is 0 Å². The van der Waals surface area contributed by atoms with Crippen LogP contribution < -0.4 is 20.7 Å². The Kier molecular flexibility index (Phi) is 10.0. The molecule has 37 heavy (non-hydrogen) atoms. The zero-order valence-corrected chi connectivity index (χ0v) is 22.8. The number of rotatable bonds is 7. The Hall–Kier alpha value is -3.01. The van der Waals surface area contributed by atoms with Gasteiger partial charge in [-0.1, -0.05) is 32.3 Å². The fraction of sp³-hybridized carbons (Fsp3) is 0.667. The van der Waals surface area contributed by atoms with Crippen LogP contribution in [-0.4, -0.2) is 83.8 Å². The van der Waals surface area contributed by atoms with Gasteiger partial charge in [0.15, 0.2) is 5.75 Å². The Bertz CT molecular complexity index is 949. The third kappa shape index (κ3) is 7.50. The van der Waals surface area contributed by atoms with Crippen LogP contribution in [-0.2, 0) is 0 Å². The number of ether oxygens (including phenoxy) is 1. The highest BCUT2D eigenvalue weighted by Crippen LogP contribution is 2.35. The van der Waals surface area contributed by atoms with E-state index in [1.165, 1.54) is 6.42 Å². The molecule has 1 fully saturated rings. The molecule has 1 saturated carbocycles. The van der Waals surface area contributed by atoms with E-state index in [1.807, 2.05) is 20.8 Å². The molecule has 4 N–H and O–H groups in total. The average molecular weight is 518 g/mol. The second-order valence-corrected chi connectivity index (χ2v) is 10.7. The van der Waals surface area contributed by atoms with Crippen LogP contribution in [0.15, 0.2) is 18.2 Å². The van der Waals surface area contributed by atoms with Crippen molar-refractivity contribution >= 4 is 23.7 Å². The quantitative estimate of drug-likeness (QED) is 0.441. The van der Waals surface area contributed by atoms with Crippen LogP contribution in [0.2, 0.25) is 0 Å². The second-order valence-electron chi connectivity index (χ2n) is 10.7. The van der Waals surface area contributed by atoms with Crippen LogP contribution in [0, 0.1) is 5.92 Å². The highest BCUT2D eigenvalue weighted by Gasteiger charge is 2.35. The van der Waals surface area contributed by atoms with Gasteiger partial charge in [0.2, 0.25) is 0 Å². The summed E-state index contributed by atoms with van der Waals surface area (Å²) in [7, 11) is 1.70. The first-order chi connectivity index (χ1) is 17.6. The SMILES string of the molecule is CC(C)NC(=O)N(C)C[C@@H]1Oc2c(NC(=O)NC3CCCCC3)cccc2C(=O)N([C@H](C)CO)C[C@@H]1C. The van der Waals surface area contributed by atoms with Crippen LogP contribution in [0.1, 0.15) is 70.2 Å². The molecule has 206 valence electrons. The maximum absolute atomic E-state index is 13.6. The zero-order valence-electron chi connectivity index (χ0n) is 22.8. The summed E-state index contributed by atoms with van der Waals surface area (Å²) < 4.78 is 6.45. The monoisotopic (exact) mass is 517 g/mol. The van der Waals surface area contributed by atoms with Crippen LogP contribution in [0.4, 0.5) is 15.3 Å². The fourth-order valence-electron chi connectivity index (χ4n) is 4.86. The van der Waals surface area contributed by atoms with Gasteiger partial charge in [-0.3, -0.25) is 4.79 Å². The Labute approximate surface area is 220 Å². The Morgan fingerprint density at radius 2 is 1.89 bits per heavy atom. The molecule has 3 rings (SSSR count). The molecule has 1 aromatic rings. The molecule has 1 aliphatic carbocycles. The molecule has 5 amide bonds. The molecule has 0 aromatic heterocycles. The molecule has 0 saturated heterocycles. The molecule has 1 heterocycles. The minimum absolute atomic E-state index is 0.0108. The number of nitrogens with zero attached hydrogens (tertiary/aromatic N) is 2. The maximum Gasteiger partial charge on any atom is 0.319 e. The van der Waals surface area contributed by atoms with Gasteiger partial charge in [-0.2, -0.15) is 0 Å². The highest BCUT2D eigenvalue weighted by atomic mass is 16.5. The van der Waals surface area contributed by atoms with E-state index in [0.717, 1.165) is 25.7 Å². The average Bonchev–Trinajstić information content (AvgIpc) is 2.86. The number of nitrogens with one attached hydrogen (secondary N) is 3. The highest BCUT2D eigenvalue weighted by molar-refractivity contribution is 6.01. The molecular weight excluding hydrogens is 474 g/mol. The summed E-state index contributed by atoms with van der Waals surface area (Å²) in [5.74, 6) is -0.163. The van der Waals surface area contributed by atoms with Crippen molar-refractivity contribution in [2.75, 3.05) is 32.1 Å². The molecule has 0 bridgehead atoms. The minimum Gasteiger partial charge on any atom is -0.485 e. The first-order valence-corrected chi connectivity index (χ1v) is 13.4. The van der Waals surface area contributed by atoms with E-state index < -0.39 is 12.1 Å². The van der Waals surface area contributed by atoms with Crippen LogP contribution in [0.3, 0.4) is 0 Å². The van der Waals surface area contributed by atoms with Gasteiger partial charge in [0, 0.05) is 31.6 Å². The van der Waals surface area contributed by atoms with Crippen LogP contribution >= 0.6 is 0 Å². The molecule has 0 unspecified atom stereocenters. The summed E-state index contributed by atoms with van der Waals surface area (Å²) in [6.45, 7) is 7.99. The predicted octanol–water partition coefficient (Wildman–Crippen LogP) is 3.41. The van der Waals surface area contributed by atoms with Gasteiger partial charge >= 0.3 is 12.1 Å². The van der Waals surface area contributed by atoms with Crippen molar-refractivity contribution in [3.63, 3.8) is 0 Å². The van der Waals surface area contributed by atoms with E-state index in [1.54, 1.807) is 42.0 Å². The van der Waals surface area contributed by atoms with E-state index in [-0.39, 0.29) is 54.9 Å². The van der Waals surface area contributed by atoms with Gasteiger partial charge in [-0.25, -0.2) is 9.59 Å². The predicted molar refractivity (Wildman–Crippen MR) is 143 cm³/mol. The van der Waals surface area contributed by atoms with Gasteiger partial charge in [0.25, 0.3) is 5.91 Å². The third-order valence-corrected chi connectivity index (χ3v) is 7.09. The minimum atomic E-state index is -0.465. The number of benzene rings is 1. The number of aliphatic hydroxyl groups is 1. The Morgan fingerprint density at radius 3 is 2.54 bits per heavy atom. The molecule has 1 aromatic carbocycles. The fourth-order valence-corrected chi connectivity index (χ4v) is 4.86. The molecule has 1 aliphatic heterocycles. The number of likely N-dealkylation sites (N-methyl/N-ethyl adjacent to an activating group) is 1. The lowest BCUT2D eigenvalue weighted by Gasteiger charge is -2.38. The standard InChI is InChI=1S/C27H43N5O5/c1-17(2)28-27(36)31(5)15-23-18(3)14-32(19(4)16-33)25(34)21-12-9-13-22(24(21)37-23)30-26(35)29-20-10-7-6-8-11-20/h9,12-13,17-20,23,33H,6-8,10-11,14-16H2,1-5H3,(H,28,36)(H2,29,30,35)/t18-,19+,23-/m0/s1. The summed E-state index contributed by atoms with van der Waals surface area (Å²) >= 11 is 0. The lowest BCUT2D eigenvalue weighted by atomic mass is 9.96. The molecule has 2 aliphatic rings. The van der Waals surface area contributed by atoms with Gasteiger partial charge in [-0.05, 0) is 45.7 Å². The number of aliphatic hydroxyl groups excluding tert-OH is 1. The number of fused-ring (bicyclic) bond motifs is 1. The lowest BCUT2D eigenvalue weighted by Crippen LogP contribution is -2.51. The van der Waals surface area contributed by atoms with E-state index in [9.17, 15) is 19.5 Å². The number of hydrogen-bond donors (Lipinski definition) is 4. The van der Waals surface area contributed by atoms with Crippen molar-refractivity contribution in [3.8, 4) is 5.75 Å². The first-order valence-electron chi connectivity index (χ1n) is 13.4. The summed E-state index contributed by atoms with van der Waals surface area (Å²) in [4.78, 5) is 42.3. The second kappa shape index (κ2) is 13.0. The van der Waals surface area contributed by atoms with Gasteiger partial charge in [0.1, 0.15) is 6.10 Å². The number of para-hydroxylation sites is 1. The Morgan fingerprint density at radius 1 is 1.19 bits per heavy atom. The Balaban J connectivity index is 1.91. The molecule has 10 nitrogen and oxygen atoms in total. The molecule has 3 atom stereocenters. The topological polar surface area (TPSA) is 123 Å². The van der Waals surface area contributed by atoms with Gasteiger partial charge < -0.3 is 35.6 Å². The smallest absolute Gasteiger partial charge is 0.319 e. The van der Waals surface area contributed by atoms with E-state index in [0.29, 0.717) is 17.8 Å². The van der Waals surface area contributed by atoms with Crippen molar-refractivity contribution in [2.45, 2.75) is 84.0 Å². The van der Waals surface area contributed by atoms with Crippen molar-refractivity contribution in [1.82, 2.24) is 20.4 Å². The number of amides is 5. The number of urea groups is 2. The van der Waals surface area contributed by atoms with Crippen LogP contribution in [0.25, 0.3) is 0 Å². The van der Waals surface area contributed by atoms with E-state index in [4.69, 9.17) is 4.74 Å². The molecule has 10 heteroatoms.